The second-order valence-corrected chi connectivity index (χ2v) is 7.07. The number of unbranched alkanes of at least 4 members (excludes halogenated alkanes) is 1. The number of carbonyl (C=O) groups is 3. The number of para-hydroxylation sites is 3. The van der Waals surface area contributed by atoms with Gasteiger partial charge in [-0.15, -0.1) is 0 Å². The first-order valence-electron chi connectivity index (χ1n) is 10.0. The SMILES string of the molecule is CCCCOC(=O)c1ccccc1N1C(=O)C(Cl)=C(Nc2ccccc2OCC)C1=O. The molecule has 0 fully saturated rings. The molecule has 31 heavy (non-hydrogen) atoms. The number of benzene rings is 2. The summed E-state index contributed by atoms with van der Waals surface area (Å²) in [7, 11) is 0. The molecule has 1 N–H and O–H groups in total. The molecule has 2 aromatic rings. The Bertz CT molecular complexity index is 1030. The maximum absolute atomic E-state index is 13.1. The highest BCUT2D eigenvalue weighted by atomic mass is 35.5. The van der Waals surface area contributed by atoms with Crippen molar-refractivity contribution >= 4 is 40.8 Å². The van der Waals surface area contributed by atoms with Gasteiger partial charge >= 0.3 is 5.97 Å². The van der Waals surface area contributed by atoms with Gasteiger partial charge in [0.15, 0.2) is 0 Å². The predicted molar refractivity (Wildman–Crippen MR) is 118 cm³/mol. The first-order chi connectivity index (χ1) is 15.0. The first kappa shape index (κ1) is 22.4. The second kappa shape index (κ2) is 10.1. The summed E-state index contributed by atoms with van der Waals surface area (Å²) in [4.78, 5) is 39.4. The van der Waals surface area contributed by atoms with Crippen LogP contribution in [-0.2, 0) is 14.3 Å². The molecule has 0 spiro atoms. The summed E-state index contributed by atoms with van der Waals surface area (Å²) in [6.45, 7) is 4.50. The minimum absolute atomic E-state index is 0.0898. The zero-order chi connectivity index (χ0) is 22.4. The van der Waals surface area contributed by atoms with Gasteiger partial charge in [0.1, 0.15) is 16.5 Å². The zero-order valence-corrected chi connectivity index (χ0v) is 18.1. The van der Waals surface area contributed by atoms with E-state index in [1.807, 2.05) is 13.8 Å². The molecule has 3 rings (SSSR count). The van der Waals surface area contributed by atoms with E-state index in [9.17, 15) is 14.4 Å². The Kier molecular flexibility index (Phi) is 7.31. The van der Waals surface area contributed by atoms with Crippen LogP contribution in [0.2, 0.25) is 0 Å². The molecule has 162 valence electrons. The summed E-state index contributed by atoms with van der Waals surface area (Å²) in [5, 5.41) is 2.64. The molecule has 2 amide bonds. The average Bonchev–Trinajstić information content (AvgIpc) is 2.98. The Hall–Kier alpha value is -3.32. The number of imide groups is 1. The molecule has 0 saturated carbocycles. The number of ether oxygens (including phenoxy) is 2. The number of amides is 2. The topological polar surface area (TPSA) is 84.9 Å². The standard InChI is InChI=1S/C23H23ClN2O5/c1-3-5-14-31-23(29)15-10-6-8-12-17(15)26-21(27)19(24)20(22(26)28)25-16-11-7-9-13-18(16)30-4-2/h6-13,25H,3-5,14H2,1-2H3. The molecule has 0 aliphatic carbocycles. The summed E-state index contributed by atoms with van der Waals surface area (Å²) in [6, 6.07) is 13.3. The van der Waals surface area contributed by atoms with Gasteiger partial charge in [-0.05, 0) is 37.6 Å². The lowest BCUT2D eigenvalue weighted by Gasteiger charge is -2.18. The van der Waals surface area contributed by atoms with Gasteiger partial charge in [0, 0.05) is 0 Å². The smallest absolute Gasteiger partial charge is 0.340 e. The van der Waals surface area contributed by atoms with Crippen molar-refractivity contribution in [2.45, 2.75) is 26.7 Å². The van der Waals surface area contributed by atoms with E-state index < -0.39 is 17.8 Å². The van der Waals surface area contributed by atoms with Crippen molar-refractivity contribution in [3.63, 3.8) is 0 Å². The van der Waals surface area contributed by atoms with Crippen LogP contribution in [0.15, 0.2) is 59.3 Å². The number of halogens is 1. The van der Waals surface area contributed by atoms with Gasteiger partial charge < -0.3 is 14.8 Å². The molecule has 0 unspecified atom stereocenters. The third-order valence-corrected chi connectivity index (χ3v) is 4.92. The molecule has 1 aliphatic heterocycles. The van der Waals surface area contributed by atoms with Gasteiger partial charge in [-0.1, -0.05) is 49.2 Å². The van der Waals surface area contributed by atoms with Crippen LogP contribution in [0.3, 0.4) is 0 Å². The monoisotopic (exact) mass is 442 g/mol. The molecule has 7 nitrogen and oxygen atoms in total. The Morgan fingerprint density at radius 3 is 2.48 bits per heavy atom. The van der Waals surface area contributed by atoms with Gasteiger partial charge in [0.2, 0.25) is 0 Å². The number of nitrogens with zero attached hydrogens (tertiary/aromatic N) is 1. The summed E-state index contributed by atoms with van der Waals surface area (Å²) in [5.41, 5.74) is 0.633. The second-order valence-electron chi connectivity index (χ2n) is 6.70. The predicted octanol–water partition coefficient (Wildman–Crippen LogP) is 4.48. The molecule has 0 saturated heterocycles. The van der Waals surface area contributed by atoms with Crippen LogP contribution < -0.4 is 15.0 Å². The van der Waals surface area contributed by atoms with E-state index in [4.69, 9.17) is 21.1 Å². The molecule has 1 aliphatic rings. The lowest BCUT2D eigenvalue weighted by Crippen LogP contribution is -2.33. The number of hydrogen-bond acceptors (Lipinski definition) is 6. The van der Waals surface area contributed by atoms with E-state index in [1.54, 1.807) is 36.4 Å². The molecule has 8 heteroatoms. The van der Waals surface area contributed by atoms with E-state index in [2.05, 4.69) is 5.32 Å². The molecule has 0 aromatic heterocycles. The Morgan fingerprint density at radius 1 is 1.03 bits per heavy atom. The minimum atomic E-state index is -0.725. The highest BCUT2D eigenvalue weighted by Crippen LogP contribution is 2.34. The zero-order valence-electron chi connectivity index (χ0n) is 17.3. The summed E-state index contributed by atoms with van der Waals surface area (Å²) >= 11 is 6.23. The lowest BCUT2D eigenvalue weighted by atomic mass is 10.1. The van der Waals surface area contributed by atoms with E-state index in [-0.39, 0.29) is 28.6 Å². The molecule has 0 bridgehead atoms. The molecular formula is C23H23ClN2O5. The largest absolute Gasteiger partial charge is 0.492 e. The average molecular weight is 443 g/mol. The molecule has 0 atom stereocenters. The fraction of sp³-hybridized carbons (Fsp3) is 0.261. The van der Waals surface area contributed by atoms with Crippen LogP contribution in [0.1, 0.15) is 37.0 Å². The molecule has 0 radical (unpaired) electrons. The fourth-order valence-electron chi connectivity index (χ4n) is 3.04. The van der Waals surface area contributed by atoms with Crippen molar-refractivity contribution in [2.24, 2.45) is 0 Å². The van der Waals surface area contributed by atoms with Crippen LogP contribution in [0.5, 0.6) is 5.75 Å². The lowest BCUT2D eigenvalue weighted by molar-refractivity contribution is -0.120. The Morgan fingerprint density at radius 2 is 1.74 bits per heavy atom. The highest BCUT2D eigenvalue weighted by Gasteiger charge is 2.40. The van der Waals surface area contributed by atoms with Gasteiger partial charge in [-0.3, -0.25) is 9.59 Å². The first-order valence-corrected chi connectivity index (χ1v) is 10.4. The van der Waals surface area contributed by atoms with Crippen LogP contribution in [0, 0.1) is 0 Å². The fourth-order valence-corrected chi connectivity index (χ4v) is 3.26. The number of nitrogens with one attached hydrogen (secondary N) is 1. The van der Waals surface area contributed by atoms with Crippen molar-refractivity contribution in [2.75, 3.05) is 23.4 Å². The van der Waals surface area contributed by atoms with E-state index in [0.29, 0.717) is 18.0 Å². The third-order valence-electron chi connectivity index (χ3n) is 4.57. The van der Waals surface area contributed by atoms with Crippen LogP contribution in [-0.4, -0.2) is 31.0 Å². The van der Waals surface area contributed by atoms with Gasteiger partial charge in [-0.25, -0.2) is 9.69 Å². The number of hydrogen-bond donors (Lipinski definition) is 1. The molecule has 1 heterocycles. The van der Waals surface area contributed by atoms with Crippen molar-refractivity contribution in [1.29, 1.82) is 0 Å². The minimum Gasteiger partial charge on any atom is -0.492 e. The van der Waals surface area contributed by atoms with Crippen molar-refractivity contribution in [3.8, 4) is 5.75 Å². The van der Waals surface area contributed by atoms with Crippen LogP contribution in [0.25, 0.3) is 0 Å². The van der Waals surface area contributed by atoms with Crippen molar-refractivity contribution in [3.05, 3.63) is 64.8 Å². The summed E-state index contributed by atoms with van der Waals surface area (Å²) in [5.74, 6) is -1.49. The van der Waals surface area contributed by atoms with Crippen molar-refractivity contribution < 1.29 is 23.9 Å². The molecule has 2 aromatic carbocycles. The third kappa shape index (κ3) is 4.72. The normalized spacial score (nSPS) is 13.6. The van der Waals surface area contributed by atoms with Crippen molar-refractivity contribution in [1.82, 2.24) is 0 Å². The number of rotatable bonds is 9. The maximum Gasteiger partial charge on any atom is 0.340 e. The Labute approximate surface area is 185 Å². The van der Waals surface area contributed by atoms with Crippen LogP contribution >= 0.6 is 11.6 Å². The summed E-state index contributed by atoms with van der Waals surface area (Å²) < 4.78 is 10.8. The highest BCUT2D eigenvalue weighted by molar-refractivity contribution is 6.53. The van der Waals surface area contributed by atoms with Gasteiger partial charge in [0.05, 0.1) is 30.2 Å². The van der Waals surface area contributed by atoms with Crippen LogP contribution in [0.4, 0.5) is 11.4 Å². The van der Waals surface area contributed by atoms with Gasteiger partial charge in [-0.2, -0.15) is 0 Å². The van der Waals surface area contributed by atoms with E-state index in [0.717, 1.165) is 17.7 Å². The quantitative estimate of drug-likeness (QED) is 0.350. The van der Waals surface area contributed by atoms with E-state index >= 15 is 0 Å². The number of anilines is 2. The maximum atomic E-state index is 13.1. The number of carbonyl (C=O) groups excluding carboxylic acids is 3. The number of esters is 1. The van der Waals surface area contributed by atoms with Gasteiger partial charge in [0.25, 0.3) is 11.8 Å². The Balaban J connectivity index is 1.90. The summed E-state index contributed by atoms with van der Waals surface area (Å²) in [6.07, 6.45) is 1.59. The molecular weight excluding hydrogens is 420 g/mol. The van der Waals surface area contributed by atoms with E-state index in [1.165, 1.54) is 12.1 Å².